The number of hydrogen-bond donors (Lipinski definition) is 2. The van der Waals surface area contributed by atoms with Crippen LogP contribution in [0.4, 0.5) is 16.2 Å². The first-order valence-corrected chi connectivity index (χ1v) is 12.4. The zero-order valence-corrected chi connectivity index (χ0v) is 20.5. The zero-order valence-electron chi connectivity index (χ0n) is 20.5. The molecule has 2 heterocycles. The van der Waals surface area contributed by atoms with E-state index in [1.165, 1.54) is 12.5 Å². The fourth-order valence-electron chi connectivity index (χ4n) is 4.87. The number of nitrogens with zero attached hydrogens (tertiary/aromatic N) is 1. The van der Waals surface area contributed by atoms with Crippen LogP contribution in [0.15, 0.2) is 66.7 Å². The van der Waals surface area contributed by atoms with Crippen LogP contribution in [-0.4, -0.2) is 36.6 Å². The van der Waals surface area contributed by atoms with E-state index in [-0.39, 0.29) is 18.6 Å². The van der Waals surface area contributed by atoms with Crippen LogP contribution in [0.3, 0.4) is 0 Å². The highest BCUT2D eigenvalue weighted by atomic mass is 16.7. The van der Waals surface area contributed by atoms with Crippen LogP contribution in [0.2, 0.25) is 0 Å². The Balaban J connectivity index is 1.24. The molecule has 3 aromatic rings. The van der Waals surface area contributed by atoms with E-state index in [9.17, 15) is 9.59 Å². The Kier molecular flexibility index (Phi) is 7.18. The van der Waals surface area contributed by atoms with Crippen molar-refractivity contribution in [3.63, 3.8) is 0 Å². The Morgan fingerprint density at radius 1 is 0.917 bits per heavy atom. The summed E-state index contributed by atoms with van der Waals surface area (Å²) in [5.41, 5.74) is 4.17. The normalized spacial score (nSPS) is 15.5. The molecule has 0 unspecified atom stereocenters. The number of nitrogens with one attached hydrogen (secondary N) is 2. The minimum atomic E-state index is -0.377. The predicted molar refractivity (Wildman–Crippen MR) is 140 cm³/mol. The quantitative estimate of drug-likeness (QED) is 0.419. The van der Waals surface area contributed by atoms with Crippen LogP contribution < -0.4 is 20.1 Å². The van der Waals surface area contributed by atoms with Gasteiger partial charge in [0.25, 0.3) is 0 Å². The lowest BCUT2D eigenvalue weighted by Crippen LogP contribution is -2.34. The van der Waals surface area contributed by atoms with Crippen molar-refractivity contribution < 1.29 is 19.1 Å². The van der Waals surface area contributed by atoms with E-state index in [1.54, 1.807) is 24.3 Å². The minimum absolute atomic E-state index is 0.0512. The highest BCUT2D eigenvalue weighted by Crippen LogP contribution is 2.38. The molecule has 2 aliphatic heterocycles. The third kappa shape index (κ3) is 5.86. The van der Waals surface area contributed by atoms with E-state index < -0.39 is 0 Å². The summed E-state index contributed by atoms with van der Waals surface area (Å²) in [4.78, 5) is 26.9. The summed E-state index contributed by atoms with van der Waals surface area (Å²) in [5, 5.41) is 5.80. The fraction of sp³-hybridized carbons (Fsp3) is 0.310. The molecule has 7 heteroatoms. The van der Waals surface area contributed by atoms with Gasteiger partial charge in [-0.25, -0.2) is 4.79 Å². The van der Waals surface area contributed by atoms with Crippen molar-refractivity contribution in [1.82, 2.24) is 4.90 Å². The molecular weight excluding hydrogens is 454 g/mol. The Morgan fingerprint density at radius 2 is 1.67 bits per heavy atom. The molecule has 0 atom stereocenters. The SMILES string of the molecule is CC(=O)c1cccc(NC(=O)Nc2cc3c(cc2CN2CCC(Cc4ccccc4)CC2)OCO3)c1. The average Bonchev–Trinajstić information content (AvgIpc) is 3.33. The smallest absolute Gasteiger partial charge is 0.323 e. The zero-order chi connectivity index (χ0) is 24.9. The molecular formula is C29H31N3O4. The lowest BCUT2D eigenvalue weighted by Gasteiger charge is -2.32. The van der Waals surface area contributed by atoms with Crippen LogP contribution in [0.25, 0.3) is 0 Å². The van der Waals surface area contributed by atoms with E-state index >= 15 is 0 Å². The summed E-state index contributed by atoms with van der Waals surface area (Å²) in [5.74, 6) is 1.96. The van der Waals surface area contributed by atoms with Gasteiger partial charge >= 0.3 is 6.03 Å². The number of ether oxygens (including phenoxy) is 2. The maximum Gasteiger partial charge on any atom is 0.323 e. The number of urea groups is 1. The van der Waals surface area contributed by atoms with Crippen molar-refractivity contribution in [1.29, 1.82) is 0 Å². The number of anilines is 2. The predicted octanol–water partition coefficient (Wildman–Crippen LogP) is 5.72. The number of Topliss-reactive ketones (excluding diaryl/α,β-unsaturated/α-hetero) is 1. The van der Waals surface area contributed by atoms with E-state index in [2.05, 4.69) is 45.9 Å². The molecule has 1 fully saturated rings. The van der Waals surface area contributed by atoms with Crippen molar-refractivity contribution in [2.45, 2.75) is 32.7 Å². The van der Waals surface area contributed by atoms with E-state index in [0.29, 0.717) is 40.9 Å². The number of amides is 2. The number of carbonyl (C=O) groups is 2. The number of ketones is 1. The van der Waals surface area contributed by atoms with Crippen LogP contribution in [0, 0.1) is 5.92 Å². The van der Waals surface area contributed by atoms with Crippen LogP contribution in [0.1, 0.15) is 41.3 Å². The van der Waals surface area contributed by atoms with Crippen molar-refractivity contribution >= 4 is 23.2 Å². The highest BCUT2D eigenvalue weighted by molar-refractivity contribution is 6.02. The van der Waals surface area contributed by atoms with E-state index in [0.717, 1.165) is 37.9 Å². The van der Waals surface area contributed by atoms with Gasteiger partial charge in [0.05, 0.1) is 5.69 Å². The first-order chi connectivity index (χ1) is 17.5. The number of piperidine rings is 1. The first-order valence-electron chi connectivity index (χ1n) is 12.4. The second-order valence-corrected chi connectivity index (χ2v) is 9.49. The Morgan fingerprint density at radius 3 is 2.42 bits per heavy atom. The molecule has 36 heavy (non-hydrogen) atoms. The molecule has 186 valence electrons. The molecule has 0 radical (unpaired) electrons. The molecule has 0 aliphatic carbocycles. The molecule has 7 nitrogen and oxygen atoms in total. The summed E-state index contributed by atoms with van der Waals surface area (Å²) in [6.45, 7) is 4.41. The van der Waals surface area contributed by atoms with Crippen molar-refractivity contribution in [2.75, 3.05) is 30.5 Å². The van der Waals surface area contributed by atoms with Gasteiger partial charge in [0, 0.05) is 23.9 Å². The third-order valence-electron chi connectivity index (χ3n) is 6.84. The standard InChI is InChI=1S/C29H31N3O4/c1-20(33)23-8-5-9-25(15-23)30-29(34)31-26-17-28-27(35-19-36-28)16-24(26)18-32-12-10-22(11-13-32)14-21-6-3-2-4-7-21/h2-9,15-17,22H,10-14,18-19H2,1H3,(H2,30,31,34). The lowest BCUT2D eigenvalue weighted by atomic mass is 9.90. The maximum atomic E-state index is 12.8. The lowest BCUT2D eigenvalue weighted by molar-refractivity contribution is 0.101. The van der Waals surface area contributed by atoms with Gasteiger partial charge in [-0.15, -0.1) is 0 Å². The Labute approximate surface area is 211 Å². The molecule has 5 rings (SSSR count). The number of hydrogen-bond acceptors (Lipinski definition) is 5. The molecule has 2 aliphatic rings. The van der Waals surface area contributed by atoms with Crippen LogP contribution >= 0.6 is 0 Å². The second kappa shape index (κ2) is 10.8. The molecule has 2 N–H and O–H groups in total. The molecule has 0 spiro atoms. The largest absolute Gasteiger partial charge is 0.454 e. The van der Waals surface area contributed by atoms with Crippen LogP contribution in [-0.2, 0) is 13.0 Å². The summed E-state index contributed by atoms with van der Waals surface area (Å²) >= 11 is 0. The van der Waals surface area contributed by atoms with Gasteiger partial charge in [0.15, 0.2) is 17.3 Å². The van der Waals surface area contributed by atoms with Gasteiger partial charge in [-0.2, -0.15) is 0 Å². The van der Waals surface area contributed by atoms with E-state index in [1.807, 2.05) is 12.1 Å². The van der Waals surface area contributed by atoms with Gasteiger partial charge in [0.1, 0.15) is 0 Å². The first kappa shape index (κ1) is 23.9. The minimum Gasteiger partial charge on any atom is -0.454 e. The Hall–Kier alpha value is -3.84. The topological polar surface area (TPSA) is 79.9 Å². The number of likely N-dealkylation sites (tertiary alicyclic amines) is 1. The van der Waals surface area contributed by atoms with Gasteiger partial charge in [-0.3, -0.25) is 9.69 Å². The van der Waals surface area contributed by atoms with Crippen molar-refractivity contribution in [2.24, 2.45) is 5.92 Å². The molecule has 3 aromatic carbocycles. The average molecular weight is 486 g/mol. The van der Waals surface area contributed by atoms with E-state index in [4.69, 9.17) is 9.47 Å². The monoisotopic (exact) mass is 485 g/mol. The Bertz CT molecular complexity index is 1240. The maximum absolute atomic E-state index is 12.8. The van der Waals surface area contributed by atoms with Crippen molar-refractivity contribution in [3.8, 4) is 11.5 Å². The molecule has 0 bridgehead atoms. The molecule has 2 amide bonds. The number of rotatable bonds is 7. The highest BCUT2D eigenvalue weighted by Gasteiger charge is 2.23. The molecule has 1 saturated heterocycles. The van der Waals surface area contributed by atoms with Gasteiger partial charge in [-0.05, 0) is 74.5 Å². The van der Waals surface area contributed by atoms with Gasteiger partial charge in [0.2, 0.25) is 6.79 Å². The summed E-state index contributed by atoms with van der Waals surface area (Å²) in [6, 6.07) is 21.0. The number of benzene rings is 3. The third-order valence-corrected chi connectivity index (χ3v) is 6.84. The van der Waals surface area contributed by atoms with Crippen molar-refractivity contribution in [3.05, 3.63) is 83.4 Å². The van der Waals surface area contributed by atoms with Crippen LogP contribution in [0.5, 0.6) is 11.5 Å². The summed E-state index contributed by atoms with van der Waals surface area (Å²) in [6.07, 6.45) is 3.42. The second-order valence-electron chi connectivity index (χ2n) is 9.49. The summed E-state index contributed by atoms with van der Waals surface area (Å²) in [7, 11) is 0. The molecule has 0 aromatic heterocycles. The number of fused-ring (bicyclic) bond motifs is 1. The molecule has 0 saturated carbocycles. The fourth-order valence-corrected chi connectivity index (χ4v) is 4.87. The van der Waals surface area contributed by atoms with Gasteiger partial charge < -0.3 is 20.1 Å². The summed E-state index contributed by atoms with van der Waals surface area (Å²) < 4.78 is 11.2. The number of carbonyl (C=O) groups excluding carboxylic acids is 2. The van der Waals surface area contributed by atoms with Gasteiger partial charge in [-0.1, -0.05) is 42.5 Å².